The number of nitrogens with one attached hydrogen (secondary N) is 1. The van der Waals surface area contributed by atoms with Crippen LogP contribution >= 0.6 is 0 Å². The zero-order valence-electron chi connectivity index (χ0n) is 12.3. The molecule has 0 aliphatic carbocycles. The van der Waals surface area contributed by atoms with Crippen molar-refractivity contribution in [3.05, 3.63) is 24.5 Å². The first-order valence-corrected chi connectivity index (χ1v) is 7.89. The third kappa shape index (κ3) is 5.10. The molecule has 1 saturated heterocycles. The summed E-state index contributed by atoms with van der Waals surface area (Å²) in [7, 11) is 0. The molecule has 0 bridgehead atoms. The lowest BCUT2D eigenvalue weighted by Crippen LogP contribution is -2.42. The zero-order chi connectivity index (χ0) is 14.0. The molecule has 0 spiro atoms. The van der Waals surface area contributed by atoms with Crippen LogP contribution in [0.25, 0.3) is 0 Å². The summed E-state index contributed by atoms with van der Waals surface area (Å²) in [6, 6.07) is 4.86. The van der Waals surface area contributed by atoms with Crippen molar-refractivity contribution in [3.63, 3.8) is 0 Å². The van der Waals surface area contributed by atoms with Gasteiger partial charge in [-0.05, 0) is 44.4 Å². The quantitative estimate of drug-likeness (QED) is 0.715. The Bertz CT molecular complexity index is 350. The molecule has 0 atom stereocenters. The maximum atomic E-state index is 8.72. The molecule has 0 saturated carbocycles. The van der Waals surface area contributed by atoms with E-state index in [0.29, 0.717) is 12.6 Å². The average molecular weight is 277 g/mol. The van der Waals surface area contributed by atoms with Gasteiger partial charge in [0.15, 0.2) is 0 Å². The predicted molar refractivity (Wildman–Crippen MR) is 83.0 cm³/mol. The largest absolute Gasteiger partial charge is 0.396 e. The van der Waals surface area contributed by atoms with Crippen LogP contribution < -0.4 is 10.2 Å². The first-order chi connectivity index (χ1) is 9.90. The molecule has 1 aliphatic heterocycles. The molecule has 0 aromatic carbocycles. The minimum absolute atomic E-state index is 0.334. The second kappa shape index (κ2) is 8.93. The van der Waals surface area contributed by atoms with Crippen molar-refractivity contribution in [2.75, 3.05) is 31.1 Å². The molecule has 1 aromatic heterocycles. The van der Waals surface area contributed by atoms with Crippen LogP contribution in [0.1, 0.15) is 38.5 Å². The molecule has 1 fully saturated rings. The topological polar surface area (TPSA) is 48.4 Å². The molecule has 0 amide bonds. The Balaban J connectivity index is 1.58. The fourth-order valence-electron chi connectivity index (χ4n) is 2.79. The summed E-state index contributed by atoms with van der Waals surface area (Å²) in [4.78, 5) is 6.52. The Kier molecular flexibility index (Phi) is 6.81. The van der Waals surface area contributed by atoms with Crippen LogP contribution in [0.4, 0.5) is 5.69 Å². The third-order valence-corrected chi connectivity index (χ3v) is 4.04. The van der Waals surface area contributed by atoms with Crippen LogP contribution in [0.2, 0.25) is 0 Å². The number of anilines is 1. The standard InChI is InChI=1S/C16H27N3O/c20-14-4-2-1-3-9-18-15-7-12-19(13-8-15)16-5-10-17-11-6-16/h5-6,10-11,15,18,20H,1-4,7-9,12-14H2. The van der Waals surface area contributed by atoms with E-state index in [1.54, 1.807) is 0 Å². The summed E-state index contributed by atoms with van der Waals surface area (Å²) in [6.45, 7) is 3.71. The molecular weight excluding hydrogens is 250 g/mol. The van der Waals surface area contributed by atoms with Gasteiger partial charge in [-0.2, -0.15) is 0 Å². The second-order valence-electron chi connectivity index (χ2n) is 5.56. The van der Waals surface area contributed by atoms with E-state index in [4.69, 9.17) is 5.11 Å². The molecule has 2 rings (SSSR count). The fraction of sp³-hybridized carbons (Fsp3) is 0.688. The molecule has 112 valence electrons. The van der Waals surface area contributed by atoms with Gasteiger partial charge in [-0.25, -0.2) is 0 Å². The molecule has 0 radical (unpaired) electrons. The smallest absolute Gasteiger partial charge is 0.0431 e. The molecule has 2 heterocycles. The number of piperidine rings is 1. The van der Waals surface area contributed by atoms with Gasteiger partial charge in [-0.15, -0.1) is 0 Å². The lowest BCUT2D eigenvalue weighted by atomic mass is 10.0. The SMILES string of the molecule is OCCCCCCNC1CCN(c2ccncc2)CC1. The van der Waals surface area contributed by atoms with Crippen molar-refractivity contribution in [2.45, 2.75) is 44.6 Å². The average Bonchev–Trinajstić information content (AvgIpc) is 2.52. The number of rotatable bonds is 8. The number of aliphatic hydroxyl groups is 1. The summed E-state index contributed by atoms with van der Waals surface area (Å²) < 4.78 is 0. The van der Waals surface area contributed by atoms with Crippen molar-refractivity contribution >= 4 is 5.69 Å². The minimum atomic E-state index is 0.334. The number of hydrogen-bond acceptors (Lipinski definition) is 4. The van der Waals surface area contributed by atoms with E-state index in [-0.39, 0.29) is 0 Å². The maximum absolute atomic E-state index is 8.72. The highest BCUT2D eigenvalue weighted by molar-refractivity contribution is 5.44. The molecular formula is C16H27N3O. The van der Waals surface area contributed by atoms with Crippen LogP contribution in [0.5, 0.6) is 0 Å². The summed E-state index contributed by atoms with van der Waals surface area (Å²) in [5.41, 5.74) is 1.29. The molecule has 4 heteroatoms. The van der Waals surface area contributed by atoms with Crippen LogP contribution in [0, 0.1) is 0 Å². The zero-order valence-corrected chi connectivity index (χ0v) is 12.3. The van der Waals surface area contributed by atoms with Crippen LogP contribution in [0.15, 0.2) is 24.5 Å². The Morgan fingerprint density at radius 1 is 1.10 bits per heavy atom. The monoisotopic (exact) mass is 277 g/mol. The summed E-state index contributed by atoms with van der Waals surface area (Å²) in [5.74, 6) is 0. The number of pyridine rings is 1. The van der Waals surface area contributed by atoms with E-state index in [9.17, 15) is 0 Å². The van der Waals surface area contributed by atoms with E-state index in [1.807, 2.05) is 12.4 Å². The van der Waals surface area contributed by atoms with E-state index in [2.05, 4.69) is 27.3 Å². The van der Waals surface area contributed by atoms with Gasteiger partial charge in [0.1, 0.15) is 0 Å². The van der Waals surface area contributed by atoms with Crippen LogP contribution in [-0.2, 0) is 0 Å². The predicted octanol–water partition coefficient (Wildman–Crippen LogP) is 2.19. The molecule has 20 heavy (non-hydrogen) atoms. The normalized spacial score (nSPS) is 16.6. The number of aliphatic hydroxyl groups excluding tert-OH is 1. The lowest BCUT2D eigenvalue weighted by molar-refractivity contribution is 0.282. The van der Waals surface area contributed by atoms with Gasteiger partial charge in [0, 0.05) is 43.8 Å². The van der Waals surface area contributed by atoms with E-state index in [1.165, 1.54) is 31.4 Å². The number of hydrogen-bond donors (Lipinski definition) is 2. The number of unbranched alkanes of at least 4 members (excludes halogenated alkanes) is 3. The van der Waals surface area contributed by atoms with Crippen molar-refractivity contribution in [2.24, 2.45) is 0 Å². The van der Waals surface area contributed by atoms with Crippen molar-refractivity contribution < 1.29 is 5.11 Å². The number of aromatic nitrogens is 1. The highest BCUT2D eigenvalue weighted by Crippen LogP contribution is 2.18. The van der Waals surface area contributed by atoms with Gasteiger partial charge in [-0.1, -0.05) is 12.8 Å². The molecule has 2 N–H and O–H groups in total. The van der Waals surface area contributed by atoms with Gasteiger partial charge in [0.05, 0.1) is 0 Å². The van der Waals surface area contributed by atoms with Crippen LogP contribution in [0.3, 0.4) is 0 Å². The van der Waals surface area contributed by atoms with Crippen LogP contribution in [-0.4, -0.2) is 42.4 Å². The third-order valence-electron chi connectivity index (χ3n) is 4.04. The minimum Gasteiger partial charge on any atom is -0.396 e. The first-order valence-electron chi connectivity index (χ1n) is 7.89. The van der Waals surface area contributed by atoms with Gasteiger partial charge in [-0.3, -0.25) is 4.98 Å². The maximum Gasteiger partial charge on any atom is 0.0431 e. The Labute approximate surface area is 122 Å². The van der Waals surface area contributed by atoms with E-state index >= 15 is 0 Å². The van der Waals surface area contributed by atoms with Crippen molar-refractivity contribution in [1.82, 2.24) is 10.3 Å². The van der Waals surface area contributed by atoms with Gasteiger partial charge in [0.2, 0.25) is 0 Å². The lowest BCUT2D eigenvalue weighted by Gasteiger charge is -2.34. The molecule has 1 aromatic rings. The van der Waals surface area contributed by atoms with Crippen molar-refractivity contribution in [1.29, 1.82) is 0 Å². The second-order valence-corrected chi connectivity index (χ2v) is 5.56. The van der Waals surface area contributed by atoms with Gasteiger partial charge in [0.25, 0.3) is 0 Å². The summed E-state index contributed by atoms with van der Waals surface area (Å²) in [6.07, 6.45) is 10.7. The van der Waals surface area contributed by atoms with E-state index < -0.39 is 0 Å². The highest BCUT2D eigenvalue weighted by Gasteiger charge is 2.18. The summed E-state index contributed by atoms with van der Waals surface area (Å²) >= 11 is 0. The Hall–Kier alpha value is -1.13. The number of nitrogens with zero attached hydrogens (tertiary/aromatic N) is 2. The molecule has 4 nitrogen and oxygen atoms in total. The van der Waals surface area contributed by atoms with Gasteiger partial charge < -0.3 is 15.3 Å². The molecule has 1 aliphatic rings. The Morgan fingerprint density at radius 2 is 1.80 bits per heavy atom. The van der Waals surface area contributed by atoms with Gasteiger partial charge >= 0.3 is 0 Å². The molecule has 0 unspecified atom stereocenters. The highest BCUT2D eigenvalue weighted by atomic mass is 16.2. The Morgan fingerprint density at radius 3 is 2.50 bits per heavy atom. The van der Waals surface area contributed by atoms with Crippen molar-refractivity contribution in [3.8, 4) is 0 Å². The first kappa shape index (κ1) is 15.3. The summed E-state index contributed by atoms with van der Waals surface area (Å²) in [5, 5.41) is 12.4. The fourth-order valence-corrected chi connectivity index (χ4v) is 2.79. The van der Waals surface area contributed by atoms with E-state index in [0.717, 1.165) is 32.5 Å².